The molecular weight excluding hydrogens is 729 g/mol. The molecule has 0 fully saturated rings. The van der Waals surface area contributed by atoms with Crippen molar-refractivity contribution in [1.82, 2.24) is 9.80 Å². The van der Waals surface area contributed by atoms with E-state index in [2.05, 4.69) is 51.3 Å². The molecule has 0 radical (unpaired) electrons. The fourth-order valence-corrected chi connectivity index (χ4v) is 8.63. The van der Waals surface area contributed by atoms with Crippen LogP contribution >= 0.6 is 0 Å². The summed E-state index contributed by atoms with van der Waals surface area (Å²) in [5, 5.41) is 0. The first-order valence-corrected chi connectivity index (χ1v) is 26.7. The van der Waals surface area contributed by atoms with Gasteiger partial charge in [0.1, 0.15) is 0 Å². The van der Waals surface area contributed by atoms with E-state index < -0.39 is 0 Å². The van der Waals surface area contributed by atoms with E-state index in [9.17, 15) is 9.59 Å². The summed E-state index contributed by atoms with van der Waals surface area (Å²) < 4.78 is 11.6. The van der Waals surface area contributed by atoms with Crippen LogP contribution in [0.5, 0.6) is 0 Å². The molecule has 59 heavy (non-hydrogen) atoms. The lowest BCUT2D eigenvalue weighted by molar-refractivity contribution is -0.150. The van der Waals surface area contributed by atoms with Crippen molar-refractivity contribution < 1.29 is 19.1 Å². The minimum atomic E-state index is 0.0802. The van der Waals surface area contributed by atoms with E-state index in [0.29, 0.717) is 13.2 Å². The molecule has 6 nitrogen and oxygen atoms in total. The van der Waals surface area contributed by atoms with Crippen molar-refractivity contribution in [2.45, 2.75) is 266 Å². The number of rotatable bonds is 48. The molecule has 0 N–H and O–H groups in total. The van der Waals surface area contributed by atoms with Crippen LogP contribution in [-0.2, 0) is 19.1 Å². The van der Waals surface area contributed by atoms with Gasteiger partial charge in [0.15, 0.2) is 0 Å². The highest BCUT2D eigenvalue weighted by Crippen LogP contribution is 2.22. The van der Waals surface area contributed by atoms with Gasteiger partial charge in [-0.05, 0) is 97.1 Å². The summed E-state index contributed by atoms with van der Waals surface area (Å²) in [5.41, 5.74) is 0. The third-order valence-corrected chi connectivity index (χ3v) is 12.9. The molecule has 2 unspecified atom stereocenters. The van der Waals surface area contributed by atoms with Gasteiger partial charge in [0.05, 0.1) is 25.0 Å². The maximum atomic E-state index is 12.9. The van der Waals surface area contributed by atoms with Crippen molar-refractivity contribution in [1.29, 1.82) is 0 Å². The SMILES string of the molecule is CCCCCCCCC(CCCCCC)C(=O)OCCCCCCCN(CC)CCCN(CC)CCCCCCCOC(=O)C(CCCCCC)CCCCCCCC. The summed E-state index contributed by atoms with van der Waals surface area (Å²) in [5.74, 6) is 0.393. The molecule has 0 heterocycles. The highest BCUT2D eigenvalue weighted by atomic mass is 16.5. The molecule has 0 amide bonds. The maximum absolute atomic E-state index is 12.9. The Morgan fingerprint density at radius 2 is 0.576 bits per heavy atom. The zero-order chi connectivity index (χ0) is 43.3. The maximum Gasteiger partial charge on any atom is 0.308 e. The van der Waals surface area contributed by atoms with E-state index in [0.717, 1.165) is 77.3 Å². The van der Waals surface area contributed by atoms with Gasteiger partial charge in [-0.25, -0.2) is 0 Å². The van der Waals surface area contributed by atoms with Gasteiger partial charge >= 0.3 is 11.9 Å². The minimum absolute atomic E-state index is 0.0802. The molecule has 2 atom stereocenters. The molecule has 6 heteroatoms. The predicted molar refractivity (Wildman–Crippen MR) is 257 cm³/mol. The average molecular weight is 835 g/mol. The summed E-state index contributed by atoms with van der Waals surface area (Å²) in [6, 6.07) is 0. The summed E-state index contributed by atoms with van der Waals surface area (Å²) >= 11 is 0. The van der Waals surface area contributed by atoms with E-state index in [1.165, 1.54) is 187 Å². The van der Waals surface area contributed by atoms with E-state index in [1.54, 1.807) is 0 Å². The summed E-state index contributed by atoms with van der Waals surface area (Å²) in [4.78, 5) is 31.2. The number of nitrogens with zero attached hydrogens (tertiary/aromatic N) is 2. The Bertz CT molecular complexity index is 800. The van der Waals surface area contributed by atoms with Crippen molar-refractivity contribution >= 4 is 11.9 Å². The molecule has 0 aliphatic heterocycles. The molecule has 0 aromatic carbocycles. The van der Waals surface area contributed by atoms with Gasteiger partial charge in [-0.15, -0.1) is 0 Å². The Morgan fingerprint density at radius 3 is 0.898 bits per heavy atom. The highest BCUT2D eigenvalue weighted by Gasteiger charge is 2.20. The van der Waals surface area contributed by atoms with Gasteiger partial charge in [-0.1, -0.05) is 208 Å². The first-order valence-electron chi connectivity index (χ1n) is 26.7. The number of esters is 2. The van der Waals surface area contributed by atoms with Gasteiger partial charge < -0.3 is 19.3 Å². The van der Waals surface area contributed by atoms with Crippen LogP contribution < -0.4 is 0 Å². The quantitative estimate of drug-likeness (QED) is 0.0449. The van der Waals surface area contributed by atoms with Crippen LogP contribution in [0.15, 0.2) is 0 Å². The lowest BCUT2D eigenvalue weighted by Gasteiger charge is -2.24. The van der Waals surface area contributed by atoms with Gasteiger partial charge in [-0.2, -0.15) is 0 Å². The second kappa shape index (κ2) is 46.4. The predicted octanol–water partition coefficient (Wildman–Crippen LogP) is 15.7. The minimum Gasteiger partial charge on any atom is -0.465 e. The molecular formula is C53H106N2O4. The Morgan fingerprint density at radius 1 is 0.322 bits per heavy atom. The molecule has 0 saturated carbocycles. The molecule has 0 rings (SSSR count). The van der Waals surface area contributed by atoms with E-state index >= 15 is 0 Å². The first-order chi connectivity index (χ1) is 29.0. The normalized spacial score (nSPS) is 12.7. The Hall–Kier alpha value is -1.14. The third kappa shape index (κ3) is 38.3. The lowest BCUT2D eigenvalue weighted by Crippen LogP contribution is -2.31. The number of hydrogen-bond acceptors (Lipinski definition) is 6. The summed E-state index contributed by atoms with van der Waals surface area (Å²) in [6.45, 7) is 21.9. The third-order valence-electron chi connectivity index (χ3n) is 12.9. The largest absolute Gasteiger partial charge is 0.465 e. The topological polar surface area (TPSA) is 59.1 Å². The van der Waals surface area contributed by atoms with Crippen LogP contribution in [0.25, 0.3) is 0 Å². The zero-order valence-corrected chi connectivity index (χ0v) is 41.1. The van der Waals surface area contributed by atoms with Gasteiger partial charge in [0.2, 0.25) is 0 Å². The molecule has 0 aromatic heterocycles. The molecule has 0 aromatic rings. The summed E-state index contributed by atoms with van der Waals surface area (Å²) in [6.07, 6.45) is 42.4. The summed E-state index contributed by atoms with van der Waals surface area (Å²) in [7, 11) is 0. The Labute approximate surface area is 370 Å². The number of unbranched alkanes of at least 4 members (excludes halogenated alkanes) is 24. The first kappa shape index (κ1) is 57.9. The van der Waals surface area contributed by atoms with E-state index in [-0.39, 0.29) is 23.8 Å². The Kier molecular flexibility index (Phi) is 45.5. The average Bonchev–Trinajstić information content (AvgIpc) is 3.24. The Balaban J connectivity index is 4.09. The fraction of sp³-hybridized carbons (Fsp3) is 0.962. The number of ether oxygens (including phenoxy) is 2. The van der Waals surface area contributed by atoms with Crippen molar-refractivity contribution in [3.05, 3.63) is 0 Å². The van der Waals surface area contributed by atoms with E-state index in [4.69, 9.17) is 9.47 Å². The second-order valence-electron chi connectivity index (χ2n) is 18.3. The molecule has 0 spiro atoms. The van der Waals surface area contributed by atoms with Gasteiger partial charge in [-0.3, -0.25) is 9.59 Å². The van der Waals surface area contributed by atoms with Crippen LogP contribution in [0.3, 0.4) is 0 Å². The number of carbonyl (C=O) groups is 2. The van der Waals surface area contributed by atoms with Crippen LogP contribution in [0.1, 0.15) is 266 Å². The van der Waals surface area contributed by atoms with Crippen LogP contribution in [0.2, 0.25) is 0 Å². The van der Waals surface area contributed by atoms with Crippen molar-refractivity contribution in [3.63, 3.8) is 0 Å². The lowest BCUT2D eigenvalue weighted by atomic mass is 9.94. The zero-order valence-electron chi connectivity index (χ0n) is 41.1. The highest BCUT2D eigenvalue weighted by molar-refractivity contribution is 5.72. The van der Waals surface area contributed by atoms with Crippen molar-refractivity contribution in [3.8, 4) is 0 Å². The molecule has 0 aliphatic rings. The molecule has 0 saturated heterocycles. The van der Waals surface area contributed by atoms with Crippen molar-refractivity contribution in [2.75, 3.05) is 52.5 Å². The molecule has 352 valence electrons. The van der Waals surface area contributed by atoms with E-state index in [1.807, 2.05) is 0 Å². The number of carbonyl (C=O) groups excluding carboxylic acids is 2. The van der Waals surface area contributed by atoms with Crippen LogP contribution in [-0.4, -0.2) is 74.2 Å². The van der Waals surface area contributed by atoms with Gasteiger partial charge in [0.25, 0.3) is 0 Å². The number of hydrogen-bond donors (Lipinski definition) is 0. The molecule has 0 aliphatic carbocycles. The van der Waals surface area contributed by atoms with Crippen molar-refractivity contribution in [2.24, 2.45) is 11.8 Å². The molecule has 0 bridgehead atoms. The van der Waals surface area contributed by atoms with Gasteiger partial charge in [0, 0.05) is 0 Å². The monoisotopic (exact) mass is 835 g/mol. The van der Waals surface area contributed by atoms with Crippen LogP contribution in [0, 0.1) is 11.8 Å². The fourth-order valence-electron chi connectivity index (χ4n) is 8.63. The van der Waals surface area contributed by atoms with Crippen LogP contribution in [0.4, 0.5) is 0 Å². The standard InChI is InChI=1S/C53H106N2O4/c1-7-13-17-21-25-33-42-50(40-31-19-15-9-3)52(56)58-48-37-29-23-27-35-44-54(11-5)46-39-47-55(12-6)45-36-28-24-30-38-49-59-53(57)51(41-32-20-16-10-4)43-34-26-22-18-14-8-2/h50-51H,7-49H2,1-6H3. The second-order valence-corrected chi connectivity index (χ2v) is 18.3. The smallest absolute Gasteiger partial charge is 0.308 e.